The zero-order valence-corrected chi connectivity index (χ0v) is 14.4. The molecule has 4 nitrogen and oxygen atoms in total. The Morgan fingerprint density at radius 2 is 2.10 bits per heavy atom. The second-order valence-electron chi connectivity index (χ2n) is 4.28. The van der Waals surface area contributed by atoms with Crippen LogP contribution in [-0.2, 0) is 16.6 Å². The van der Waals surface area contributed by atoms with Crippen LogP contribution in [0.2, 0.25) is 0 Å². The maximum Gasteiger partial charge on any atom is 0.271 e. The largest absolute Gasteiger partial charge is 0.313 e. The summed E-state index contributed by atoms with van der Waals surface area (Å²) in [5, 5.41) is 4.89. The van der Waals surface area contributed by atoms with E-state index >= 15 is 0 Å². The molecule has 1 heterocycles. The maximum absolute atomic E-state index is 13.6. The Morgan fingerprint density at radius 1 is 1.33 bits per heavy atom. The molecule has 0 bridgehead atoms. The third-order valence-electron chi connectivity index (χ3n) is 2.65. The summed E-state index contributed by atoms with van der Waals surface area (Å²) in [6.07, 6.45) is 0. The molecule has 2 aromatic rings. The predicted molar refractivity (Wildman–Crippen MR) is 86.6 cm³/mol. The molecule has 0 aliphatic rings. The van der Waals surface area contributed by atoms with Crippen LogP contribution < -0.4 is 10.0 Å². The Hall–Kier alpha value is -0.960. The number of rotatable bonds is 6. The Balaban J connectivity index is 2.22. The van der Waals surface area contributed by atoms with E-state index in [0.717, 1.165) is 23.4 Å². The molecule has 0 unspecified atom stereocenters. The summed E-state index contributed by atoms with van der Waals surface area (Å²) in [5.41, 5.74) is 0.808. The van der Waals surface area contributed by atoms with Crippen molar-refractivity contribution < 1.29 is 12.8 Å². The van der Waals surface area contributed by atoms with E-state index in [1.165, 1.54) is 18.2 Å². The molecular formula is C13H14BrFN2O2S2. The van der Waals surface area contributed by atoms with Crippen molar-refractivity contribution in [2.45, 2.75) is 17.7 Å². The number of nitrogens with one attached hydrogen (secondary N) is 2. The minimum atomic E-state index is -3.78. The quantitative estimate of drug-likeness (QED) is 0.789. The van der Waals surface area contributed by atoms with Crippen LogP contribution >= 0.6 is 27.3 Å². The standard InChI is InChI=1S/C13H14BrFN2O2S2/c1-2-16-7-9-5-13(20-8-9)21(18,19)17-12-6-10(14)3-4-11(12)15/h3-6,8,16-17H,2,7H2,1H3. The number of thiophene rings is 1. The van der Waals surface area contributed by atoms with Gasteiger partial charge in [0, 0.05) is 11.0 Å². The van der Waals surface area contributed by atoms with Gasteiger partial charge in [0.1, 0.15) is 10.0 Å². The van der Waals surface area contributed by atoms with Crippen LogP contribution in [0.5, 0.6) is 0 Å². The first kappa shape index (κ1) is 16.4. The van der Waals surface area contributed by atoms with Gasteiger partial charge in [-0.3, -0.25) is 4.72 Å². The van der Waals surface area contributed by atoms with Crippen molar-refractivity contribution in [1.82, 2.24) is 5.32 Å². The topological polar surface area (TPSA) is 58.2 Å². The Labute approximate surface area is 135 Å². The van der Waals surface area contributed by atoms with Crippen molar-refractivity contribution >= 4 is 43.0 Å². The normalized spacial score (nSPS) is 11.6. The lowest BCUT2D eigenvalue weighted by molar-refractivity contribution is 0.600. The zero-order chi connectivity index (χ0) is 15.5. The average molecular weight is 393 g/mol. The fraction of sp³-hybridized carbons (Fsp3) is 0.231. The number of anilines is 1. The highest BCUT2D eigenvalue weighted by Crippen LogP contribution is 2.26. The molecule has 8 heteroatoms. The smallest absolute Gasteiger partial charge is 0.271 e. The highest BCUT2D eigenvalue weighted by molar-refractivity contribution is 9.10. The summed E-state index contributed by atoms with van der Waals surface area (Å²) < 4.78 is 41.2. The molecule has 2 rings (SSSR count). The van der Waals surface area contributed by atoms with Crippen LogP contribution in [0.4, 0.5) is 10.1 Å². The molecule has 114 valence electrons. The Bertz CT molecular complexity index is 732. The molecule has 0 saturated carbocycles. The highest BCUT2D eigenvalue weighted by Gasteiger charge is 2.18. The van der Waals surface area contributed by atoms with Crippen LogP contribution in [0.15, 0.2) is 38.3 Å². The lowest BCUT2D eigenvalue weighted by atomic mass is 10.3. The molecule has 1 aromatic heterocycles. The predicted octanol–water partition coefficient (Wildman–Crippen LogP) is 3.56. The molecule has 0 atom stereocenters. The molecule has 0 saturated heterocycles. The van der Waals surface area contributed by atoms with Crippen LogP contribution in [0, 0.1) is 5.82 Å². The lowest BCUT2D eigenvalue weighted by Gasteiger charge is -2.07. The van der Waals surface area contributed by atoms with Gasteiger partial charge in [0.05, 0.1) is 5.69 Å². The second-order valence-corrected chi connectivity index (χ2v) is 8.02. The Morgan fingerprint density at radius 3 is 2.81 bits per heavy atom. The van der Waals surface area contributed by atoms with Gasteiger partial charge in [-0.1, -0.05) is 22.9 Å². The molecule has 0 spiro atoms. The van der Waals surface area contributed by atoms with Crippen molar-refractivity contribution in [3.05, 3.63) is 45.5 Å². The maximum atomic E-state index is 13.6. The van der Waals surface area contributed by atoms with Crippen molar-refractivity contribution in [2.24, 2.45) is 0 Å². The van der Waals surface area contributed by atoms with Crippen LogP contribution in [0.3, 0.4) is 0 Å². The number of hydrogen-bond donors (Lipinski definition) is 2. The van der Waals surface area contributed by atoms with Crippen molar-refractivity contribution in [3.8, 4) is 0 Å². The number of benzene rings is 1. The van der Waals surface area contributed by atoms with Crippen molar-refractivity contribution in [1.29, 1.82) is 0 Å². The molecule has 21 heavy (non-hydrogen) atoms. The third-order valence-corrected chi connectivity index (χ3v) is 5.99. The van der Waals surface area contributed by atoms with Crippen molar-refractivity contribution in [2.75, 3.05) is 11.3 Å². The van der Waals surface area contributed by atoms with Crippen LogP contribution in [0.1, 0.15) is 12.5 Å². The summed E-state index contributed by atoms with van der Waals surface area (Å²) in [6.45, 7) is 3.38. The first-order valence-corrected chi connectivity index (χ1v) is 9.34. The van der Waals surface area contributed by atoms with Crippen LogP contribution in [-0.4, -0.2) is 15.0 Å². The number of sulfonamides is 1. The van der Waals surface area contributed by atoms with E-state index in [4.69, 9.17) is 0 Å². The summed E-state index contributed by atoms with van der Waals surface area (Å²) in [5.74, 6) is -0.619. The molecule has 0 fully saturated rings. The van der Waals surface area contributed by atoms with Gasteiger partial charge in [0.25, 0.3) is 10.0 Å². The summed E-state index contributed by atoms with van der Waals surface area (Å²) in [7, 11) is -3.78. The molecule has 1 aromatic carbocycles. The molecule has 0 aliphatic heterocycles. The number of halogens is 2. The van der Waals surface area contributed by atoms with E-state index in [2.05, 4.69) is 26.0 Å². The fourth-order valence-electron chi connectivity index (χ4n) is 1.63. The van der Waals surface area contributed by atoms with E-state index in [-0.39, 0.29) is 9.90 Å². The molecular weight excluding hydrogens is 379 g/mol. The first-order valence-electron chi connectivity index (χ1n) is 6.18. The van der Waals surface area contributed by atoms with Crippen LogP contribution in [0.25, 0.3) is 0 Å². The van der Waals surface area contributed by atoms with Gasteiger partial charge in [-0.05, 0) is 41.8 Å². The average Bonchev–Trinajstić information content (AvgIpc) is 2.90. The first-order chi connectivity index (χ1) is 9.92. The summed E-state index contributed by atoms with van der Waals surface area (Å²) in [4.78, 5) is 0. The fourth-order valence-corrected chi connectivity index (χ4v) is 4.26. The SMILES string of the molecule is CCNCc1csc(S(=O)(=O)Nc2cc(Br)ccc2F)c1. The molecule has 2 N–H and O–H groups in total. The zero-order valence-electron chi connectivity index (χ0n) is 11.2. The molecule has 0 amide bonds. The van der Waals surface area contributed by atoms with Gasteiger partial charge in [0.2, 0.25) is 0 Å². The van der Waals surface area contributed by atoms with E-state index in [9.17, 15) is 12.8 Å². The van der Waals surface area contributed by atoms with Gasteiger partial charge in [0.15, 0.2) is 0 Å². The third kappa shape index (κ3) is 4.26. The van der Waals surface area contributed by atoms with Gasteiger partial charge in [-0.25, -0.2) is 12.8 Å². The minimum Gasteiger partial charge on any atom is -0.313 e. The van der Waals surface area contributed by atoms with Gasteiger partial charge in [-0.15, -0.1) is 11.3 Å². The van der Waals surface area contributed by atoms with E-state index in [0.29, 0.717) is 11.0 Å². The second kappa shape index (κ2) is 6.87. The molecule has 0 aliphatic carbocycles. The molecule has 0 radical (unpaired) electrons. The Kier molecular flexibility index (Phi) is 5.37. The lowest BCUT2D eigenvalue weighted by Crippen LogP contribution is -2.13. The highest BCUT2D eigenvalue weighted by atomic mass is 79.9. The monoisotopic (exact) mass is 392 g/mol. The van der Waals surface area contributed by atoms with Gasteiger partial charge < -0.3 is 5.32 Å². The summed E-state index contributed by atoms with van der Waals surface area (Å²) >= 11 is 4.30. The van der Waals surface area contributed by atoms with Gasteiger partial charge in [-0.2, -0.15) is 0 Å². The van der Waals surface area contributed by atoms with E-state index in [1.807, 2.05) is 6.92 Å². The minimum absolute atomic E-state index is 0.0778. The van der Waals surface area contributed by atoms with Crippen molar-refractivity contribution in [3.63, 3.8) is 0 Å². The van der Waals surface area contributed by atoms with Gasteiger partial charge >= 0.3 is 0 Å². The van der Waals surface area contributed by atoms with E-state index < -0.39 is 15.8 Å². The summed E-state index contributed by atoms with van der Waals surface area (Å²) in [6, 6.07) is 5.69. The van der Waals surface area contributed by atoms with E-state index in [1.54, 1.807) is 11.4 Å². The number of hydrogen-bond acceptors (Lipinski definition) is 4.